The molecule has 1 N–H and O–H groups in total. The van der Waals surface area contributed by atoms with Crippen LogP contribution in [0.3, 0.4) is 0 Å². The van der Waals surface area contributed by atoms with Gasteiger partial charge in [0.25, 0.3) is 0 Å². The van der Waals surface area contributed by atoms with E-state index in [0.29, 0.717) is 19.2 Å². The lowest BCUT2D eigenvalue weighted by molar-refractivity contribution is 0.0623. The van der Waals surface area contributed by atoms with E-state index in [0.717, 1.165) is 38.0 Å². The summed E-state index contributed by atoms with van der Waals surface area (Å²) >= 11 is 0. The third-order valence-corrected chi connectivity index (χ3v) is 5.70. The van der Waals surface area contributed by atoms with E-state index < -0.39 is 6.10 Å². The van der Waals surface area contributed by atoms with Crippen molar-refractivity contribution in [1.82, 2.24) is 14.5 Å². The first-order valence-electron chi connectivity index (χ1n) is 9.86. The van der Waals surface area contributed by atoms with E-state index in [9.17, 15) is 5.11 Å². The summed E-state index contributed by atoms with van der Waals surface area (Å²) in [5.41, 5.74) is 2.72. The molecule has 2 heterocycles. The summed E-state index contributed by atoms with van der Waals surface area (Å²) in [6, 6.07) is 10.0. The predicted octanol–water partition coefficient (Wildman–Crippen LogP) is 2.88. The number of rotatable bonds is 6. The van der Waals surface area contributed by atoms with Crippen molar-refractivity contribution >= 4 is 0 Å². The van der Waals surface area contributed by atoms with Crippen LogP contribution in [0.15, 0.2) is 30.3 Å². The molecule has 1 aromatic carbocycles. The number of fused-ring (bicyclic) bond motifs is 1. The molecule has 0 spiro atoms. The van der Waals surface area contributed by atoms with Gasteiger partial charge in [-0.2, -0.15) is 0 Å². The minimum Gasteiger partial charge on any atom is -0.491 e. The van der Waals surface area contributed by atoms with E-state index >= 15 is 0 Å². The minimum absolute atomic E-state index is 0.317. The number of nitrogens with zero attached hydrogens (tertiary/aromatic N) is 3. The largest absolute Gasteiger partial charge is 0.491 e. The number of benzene rings is 1. The Hall–Kier alpha value is -1.85. The van der Waals surface area contributed by atoms with Crippen molar-refractivity contribution in [3.8, 4) is 5.75 Å². The third-order valence-electron chi connectivity index (χ3n) is 5.70. The summed E-state index contributed by atoms with van der Waals surface area (Å²) in [5.74, 6) is 1.99. The molecule has 1 aliphatic heterocycles. The molecule has 140 valence electrons. The molecular formula is C21H29N3O2. The Balaban J connectivity index is 1.40. The van der Waals surface area contributed by atoms with Crippen molar-refractivity contribution in [1.29, 1.82) is 0 Å². The average molecular weight is 355 g/mol. The molecule has 0 radical (unpaired) electrons. The highest BCUT2D eigenvalue weighted by atomic mass is 16.5. The lowest BCUT2D eigenvalue weighted by Gasteiger charge is -2.26. The SMILES string of the molecule is Cn1c([C@H]2CCCN2C[C@H](O)COc2ccccc2)nc2c1CCCC2. The van der Waals surface area contributed by atoms with Crippen molar-refractivity contribution in [2.45, 2.75) is 50.7 Å². The van der Waals surface area contributed by atoms with E-state index in [1.807, 2.05) is 30.3 Å². The first-order valence-corrected chi connectivity index (χ1v) is 9.86. The van der Waals surface area contributed by atoms with Crippen LogP contribution in [-0.4, -0.2) is 45.4 Å². The van der Waals surface area contributed by atoms with E-state index in [2.05, 4.69) is 16.5 Å². The molecule has 1 aliphatic carbocycles. The second kappa shape index (κ2) is 7.80. The quantitative estimate of drug-likeness (QED) is 0.866. The molecule has 5 heteroatoms. The number of para-hydroxylation sites is 1. The first kappa shape index (κ1) is 17.6. The van der Waals surface area contributed by atoms with Crippen molar-refractivity contribution in [3.05, 3.63) is 47.5 Å². The molecule has 26 heavy (non-hydrogen) atoms. The molecular weight excluding hydrogens is 326 g/mol. The summed E-state index contributed by atoms with van der Waals surface area (Å²) in [4.78, 5) is 7.37. The van der Waals surface area contributed by atoms with Crippen LogP contribution >= 0.6 is 0 Å². The second-order valence-corrected chi connectivity index (χ2v) is 7.56. The molecule has 0 amide bonds. The van der Waals surface area contributed by atoms with Gasteiger partial charge in [-0.25, -0.2) is 4.98 Å². The Labute approximate surface area is 155 Å². The Morgan fingerprint density at radius 1 is 1.19 bits per heavy atom. The minimum atomic E-state index is -0.495. The van der Waals surface area contributed by atoms with Crippen LogP contribution in [0.1, 0.15) is 48.9 Å². The smallest absolute Gasteiger partial charge is 0.126 e. The summed E-state index contributed by atoms with van der Waals surface area (Å²) in [7, 11) is 2.16. The van der Waals surface area contributed by atoms with Crippen molar-refractivity contribution in [3.63, 3.8) is 0 Å². The third kappa shape index (κ3) is 3.64. The second-order valence-electron chi connectivity index (χ2n) is 7.56. The molecule has 5 nitrogen and oxygen atoms in total. The number of β-amino-alcohol motifs (C(OH)–C–C–N with tert-alkyl or cyclic N) is 1. The zero-order valence-electron chi connectivity index (χ0n) is 15.6. The van der Waals surface area contributed by atoms with Crippen LogP contribution in [0, 0.1) is 0 Å². The van der Waals surface area contributed by atoms with E-state index in [1.54, 1.807) is 0 Å². The van der Waals surface area contributed by atoms with Gasteiger partial charge < -0.3 is 14.4 Å². The first-order chi connectivity index (χ1) is 12.7. The number of imidazole rings is 1. The van der Waals surface area contributed by atoms with Crippen molar-refractivity contribution < 1.29 is 9.84 Å². The highest BCUT2D eigenvalue weighted by Gasteiger charge is 2.32. The lowest BCUT2D eigenvalue weighted by atomic mass is 10.0. The molecule has 0 saturated carbocycles. The fourth-order valence-corrected chi connectivity index (χ4v) is 4.37. The maximum atomic E-state index is 10.5. The Morgan fingerprint density at radius 2 is 2.00 bits per heavy atom. The van der Waals surface area contributed by atoms with Gasteiger partial charge in [0.1, 0.15) is 24.3 Å². The van der Waals surface area contributed by atoms with Crippen LogP contribution in [0.25, 0.3) is 0 Å². The van der Waals surface area contributed by atoms with Crippen LogP contribution in [0.4, 0.5) is 0 Å². The molecule has 1 aromatic heterocycles. The van der Waals surface area contributed by atoms with E-state index in [4.69, 9.17) is 9.72 Å². The molecule has 1 saturated heterocycles. The maximum Gasteiger partial charge on any atom is 0.126 e. The van der Waals surface area contributed by atoms with Crippen LogP contribution in [0.2, 0.25) is 0 Å². The summed E-state index contributed by atoms with van der Waals surface area (Å²) in [6.45, 7) is 1.98. The zero-order valence-corrected chi connectivity index (χ0v) is 15.6. The van der Waals surface area contributed by atoms with Gasteiger partial charge >= 0.3 is 0 Å². The standard InChI is InChI=1S/C21H29N3O2/c1-23-19-11-6-5-10-18(19)22-21(23)20-12-7-13-24(20)14-16(25)15-26-17-8-3-2-4-9-17/h2-4,8-9,16,20,25H,5-7,10-15H2,1H3/t16-,20+/m0/s1. The van der Waals surface area contributed by atoms with Gasteiger partial charge in [-0.3, -0.25) is 4.90 Å². The Kier molecular flexibility index (Phi) is 5.27. The fourth-order valence-electron chi connectivity index (χ4n) is 4.37. The monoisotopic (exact) mass is 355 g/mol. The predicted molar refractivity (Wildman–Crippen MR) is 101 cm³/mol. The van der Waals surface area contributed by atoms with Gasteiger partial charge in [0.2, 0.25) is 0 Å². The number of hydrogen-bond acceptors (Lipinski definition) is 4. The number of ether oxygens (including phenoxy) is 1. The average Bonchev–Trinajstić information content (AvgIpc) is 3.25. The van der Waals surface area contributed by atoms with Crippen LogP contribution < -0.4 is 4.74 Å². The molecule has 2 atom stereocenters. The molecule has 1 fully saturated rings. The van der Waals surface area contributed by atoms with Gasteiger partial charge in [-0.05, 0) is 57.2 Å². The number of likely N-dealkylation sites (tertiary alicyclic amines) is 1. The van der Waals surface area contributed by atoms with E-state index in [1.165, 1.54) is 30.1 Å². The molecule has 0 unspecified atom stereocenters. The summed E-state index contributed by atoms with van der Waals surface area (Å²) in [6.07, 6.45) is 6.58. The lowest BCUT2D eigenvalue weighted by Crippen LogP contribution is -2.36. The summed E-state index contributed by atoms with van der Waals surface area (Å²) in [5, 5.41) is 10.5. The highest BCUT2D eigenvalue weighted by molar-refractivity contribution is 5.22. The molecule has 2 aliphatic rings. The topological polar surface area (TPSA) is 50.5 Å². The molecule has 2 aromatic rings. The number of aromatic nitrogens is 2. The van der Waals surface area contributed by atoms with Gasteiger partial charge in [0, 0.05) is 19.3 Å². The number of aliphatic hydroxyl groups excluding tert-OH is 1. The number of hydrogen-bond donors (Lipinski definition) is 1. The van der Waals surface area contributed by atoms with Gasteiger partial charge in [0.05, 0.1) is 11.7 Å². The highest BCUT2D eigenvalue weighted by Crippen LogP contribution is 2.33. The molecule has 4 rings (SSSR count). The van der Waals surface area contributed by atoms with E-state index in [-0.39, 0.29) is 0 Å². The Bertz CT molecular complexity index is 728. The van der Waals surface area contributed by atoms with Crippen molar-refractivity contribution in [2.75, 3.05) is 19.7 Å². The number of aliphatic hydroxyl groups is 1. The van der Waals surface area contributed by atoms with Crippen LogP contribution in [0.5, 0.6) is 5.75 Å². The normalized spacial score (nSPS) is 21.5. The van der Waals surface area contributed by atoms with Crippen LogP contribution in [-0.2, 0) is 19.9 Å². The van der Waals surface area contributed by atoms with Crippen molar-refractivity contribution in [2.24, 2.45) is 7.05 Å². The fraction of sp³-hybridized carbons (Fsp3) is 0.571. The van der Waals surface area contributed by atoms with Gasteiger partial charge in [-0.1, -0.05) is 18.2 Å². The van der Waals surface area contributed by atoms with Gasteiger partial charge in [0.15, 0.2) is 0 Å². The zero-order chi connectivity index (χ0) is 17.9. The number of aryl methyl sites for hydroxylation is 1. The summed E-state index contributed by atoms with van der Waals surface area (Å²) < 4.78 is 8.04. The Morgan fingerprint density at radius 3 is 2.81 bits per heavy atom. The molecule has 0 bridgehead atoms. The van der Waals surface area contributed by atoms with Gasteiger partial charge in [-0.15, -0.1) is 0 Å². The maximum absolute atomic E-state index is 10.5.